The van der Waals surface area contributed by atoms with E-state index in [1.54, 1.807) is 0 Å². The molecule has 3 aromatic rings. The first-order valence-electron chi connectivity index (χ1n) is 7.08. The van der Waals surface area contributed by atoms with Gasteiger partial charge in [-0.2, -0.15) is 0 Å². The monoisotopic (exact) mass is 318 g/mol. The van der Waals surface area contributed by atoms with Gasteiger partial charge in [-0.25, -0.2) is 9.78 Å². The molecule has 2 aromatic carbocycles. The summed E-state index contributed by atoms with van der Waals surface area (Å²) >= 11 is 2.66. The summed E-state index contributed by atoms with van der Waals surface area (Å²) in [6.07, 6.45) is 0. The van der Waals surface area contributed by atoms with Crippen molar-refractivity contribution in [3.63, 3.8) is 0 Å². The number of amides is 3. The summed E-state index contributed by atoms with van der Waals surface area (Å²) in [6.45, 7) is 0. The Hall–Kier alpha value is -2.62. The van der Waals surface area contributed by atoms with E-state index in [1.807, 2.05) is 52.1 Å². The average Bonchev–Trinajstić information content (AvgIpc) is 3.08. The predicted molar refractivity (Wildman–Crippen MR) is 85.7 cm³/mol. The Morgan fingerprint density at radius 3 is 2.43 bits per heavy atom. The number of carbonyl (C=O) groups is 2. The molecule has 23 heavy (non-hydrogen) atoms. The maximum Gasteiger partial charge on any atom is 0.322 e. The molecule has 1 unspecified atom stereocenters. The third kappa shape index (κ3) is 2.31. The van der Waals surface area contributed by atoms with Crippen LogP contribution in [0.3, 0.4) is 0 Å². The van der Waals surface area contributed by atoms with E-state index in [0.717, 1.165) is 28.0 Å². The van der Waals surface area contributed by atoms with Crippen LogP contribution in [0.5, 0.6) is 0 Å². The number of carbonyl (C=O) groups excluding carboxylic acids is 2. The van der Waals surface area contributed by atoms with E-state index < -0.39 is 12.1 Å². The lowest BCUT2D eigenvalue weighted by atomic mass is 10.0. The third-order valence-electron chi connectivity index (χ3n) is 3.87. The van der Waals surface area contributed by atoms with Gasteiger partial charge in [0.25, 0.3) is 5.91 Å². The molecule has 110 valence electrons. The molecule has 4 rings (SSSR count). The molecular weight excluding hydrogens is 307 g/mol. The number of benzene rings is 2. The molecule has 3 amide bonds. The van der Waals surface area contributed by atoms with Crippen LogP contribution in [0.2, 0.25) is 0 Å². The normalized spacial score (nSPS) is 17.3. The van der Waals surface area contributed by atoms with Gasteiger partial charge in [0.05, 0.1) is 5.52 Å². The van der Waals surface area contributed by atoms with E-state index in [2.05, 4.69) is 32.1 Å². The van der Waals surface area contributed by atoms with E-state index >= 15 is 0 Å². The molecule has 0 aliphatic carbocycles. The number of fused-ring (bicyclic) bond motifs is 1. The minimum atomic E-state index is -0.633. The van der Waals surface area contributed by atoms with Crippen LogP contribution in [0.4, 0.5) is 4.79 Å². The van der Waals surface area contributed by atoms with Crippen LogP contribution in [0.15, 0.2) is 48.5 Å². The number of imide groups is 1. The molecule has 2 heterocycles. The zero-order valence-electron chi connectivity index (χ0n) is 12.0. The molecule has 6 nitrogen and oxygen atoms in total. The summed E-state index contributed by atoms with van der Waals surface area (Å²) < 4.78 is 1.95. The summed E-state index contributed by atoms with van der Waals surface area (Å²) in [6, 6.07) is 14.3. The lowest BCUT2D eigenvalue weighted by molar-refractivity contribution is -0.120. The van der Waals surface area contributed by atoms with Gasteiger partial charge >= 0.3 is 22.5 Å². The Labute approximate surface area is 140 Å². The number of para-hydroxylation sites is 2. The first-order chi connectivity index (χ1) is 11.1. The van der Waals surface area contributed by atoms with Gasteiger partial charge in [-0.3, -0.25) is 10.1 Å². The SMILES string of the molecule is O=C1NC(=O)C(c2ccc(-c3nc4ccccc4[n]3[Al])cc2)N1. The van der Waals surface area contributed by atoms with Crippen LogP contribution in [0, 0.1) is 0 Å². The quantitative estimate of drug-likeness (QED) is 0.555. The second kappa shape index (κ2) is 5.23. The number of hydrogen-bond donors (Lipinski definition) is 2. The van der Waals surface area contributed by atoms with Crippen molar-refractivity contribution in [2.45, 2.75) is 6.04 Å². The summed E-state index contributed by atoms with van der Waals surface area (Å²) in [5.74, 6) is 0.490. The second-order valence-electron chi connectivity index (χ2n) is 5.31. The van der Waals surface area contributed by atoms with Crippen molar-refractivity contribution in [2.24, 2.45) is 0 Å². The van der Waals surface area contributed by atoms with Crippen molar-refractivity contribution in [3.05, 3.63) is 54.1 Å². The van der Waals surface area contributed by atoms with Gasteiger partial charge in [0.15, 0.2) is 0 Å². The Morgan fingerprint density at radius 2 is 1.78 bits per heavy atom. The fourth-order valence-corrected chi connectivity index (χ4v) is 3.15. The Bertz CT molecular complexity index is 933. The molecule has 0 bridgehead atoms. The highest BCUT2D eigenvalue weighted by molar-refractivity contribution is 6.13. The van der Waals surface area contributed by atoms with Crippen molar-refractivity contribution in [1.82, 2.24) is 19.2 Å². The number of urea groups is 1. The predicted octanol–water partition coefficient (Wildman–Crippen LogP) is 1.52. The molecule has 1 aromatic heterocycles. The fraction of sp³-hybridized carbons (Fsp3) is 0.0625. The van der Waals surface area contributed by atoms with Gasteiger partial charge in [0, 0.05) is 11.1 Å². The number of rotatable bonds is 2. The zero-order chi connectivity index (χ0) is 16.0. The first kappa shape index (κ1) is 14.0. The number of nitrogens with zero attached hydrogens (tertiary/aromatic N) is 2. The van der Waals surface area contributed by atoms with E-state index in [0.29, 0.717) is 0 Å². The van der Waals surface area contributed by atoms with Crippen molar-refractivity contribution in [1.29, 1.82) is 0 Å². The molecule has 2 N–H and O–H groups in total. The highest BCUT2D eigenvalue weighted by Crippen LogP contribution is 2.25. The van der Waals surface area contributed by atoms with Crippen LogP contribution in [-0.4, -0.2) is 37.0 Å². The molecular formula is C16H11AlN4O2. The number of nitrogens with one attached hydrogen (secondary N) is 2. The van der Waals surface area contributed by atoms with Crippen molar-refractivity contribution in [2.75, 3.05) is 0 Å². The number of hydrogen-bond acceptors (Lipinski definition) is 3. The van der Waals surface area contributed by atoms with Crippen LogP contribution in [0.25, 0.3) is 22.4 Å². The van der Waals surface area contributed by atoms with E-state index in [4.69, 9.17) is 0 Å². The maximum absolute atomic E-state index is 11.7. The lowest BCUT2D eigenvalue weighted by Crippen LogP contribution is -2.22. The van der Waals surface area contributed by atoms with Crippen LogP contribution in [-0.2, 0) is 4.79 Å². The summed E-state index contributed by atoms with van der Waals surface area (Å²) in [7, 11) is 0. The van der Waals surface area contributed by atoms with E-state index in [-0.39, 0.29) is 5.91 Å². The molecule has 1 aliphatic rings. The summed E-state index contributed by atoms with van der Waals surface area (Å²) in [5.41, 5.74) is 3.62. The lowest BCUT2D eigenvalue weighted by Gasteiger charge is -2.09. The van der Waals surface area contributed by atoms with Gasteiger partial charge < -0.3 is 8.87 Å². The number of imidazole rings is 1. The largest absolute Gasteiger partial charge is 0.436 e. The minimum absolute atomic E-state index is 0.332. The molecule has 7 heteroatoms. The van der Waals surface area contributed by atoms with Gasteiger partial charge in [-0.15, -0.1) is 0 Å². The fourth-order valence-electron chi connectivity index (χ4n) is 2.72. The van der Waals surface area contributed by atoms with Crippen molar-refractivity contribution < 1.29 is 9.59 Å². The van der Waals surface area contributed by atoms with Gasteiger partial charge in [-0.1, -0.05) is 36.4 Å². The van der Waals surface area contributed by atoms with Gasteiger partial charge in [0.2, 0.25) is 0 Å². The van der Waals surface area contributed by atoms with E-state index in [1.165, 1.54) is 0 Å². The highest BCUT2D eigenvalue weighted by Gasteiger charge is 2.30. The number of aromatic nitrogens is 2. The van der Waals surface area contributed by atoms with E-state index in [9.17, 15) is 9.59 Å². The zero-order valence-corrected chi connectivity index (χ0v) is 13.1. The first-order valence-corrected chi connectivity index (χ1v) is 7.59. The maximum atomic E-state index is 11.7. The van der Waals surface area contributed by atoms with Gasteiger partial charge in [-0.05, 0) is 17.7 Å². The standard InChI is InChI=1S/C16H12N4O2.Al/c21-15-13(19-16(22)20-15)9-5-7-10(8-6-9)14-17-11-3-1-2-4-12(11)18-14;/h1-8,13H,(H3,17,18,19,20,21,22);/q;+1/p-1. The Balaban J connectivity index is 1.71. The van der Waals surface area contributed by atoms with Crippen LogP contribution >= 0.6 is 0 Å². The highest BCUT2D eigenvalue weighted by atomic mass is 27.1. The van der Waals surface area contributed by atoms with Gasteiger partial charge in [0.1, 0.15) is 11.9 Å². The summed E-state index contributed by atoms with van der Waals surface area (Å²) in [4.78, 5) is 27.5. The molecule has 1 aliphatic heterocycles. The molecule has 0 spiro atoms. The topological polar surface area (TPSA) is 76.0 Å². The molecule has 0 saturated carbocycles. The average molecular weight is 318 g/mol. The van der Waals surface area contributed by atoms with Crippen molar-refractivity contribution in [3.8, 4) is 11.4 Å². The molecule has 1 fully saturated rings. The second-order valence-corrected chi connectivity index (χ2v) is 5.83. The smallest absolute Gasteiger partial charge is 0.322 e. The molecule has 2 radical (unpaired) electrons. The third-order valence-corrected chi connectivity index (χ3v) is 4.40. The molecule has 1 atom stereocenters. The Morgan fingerprint density at radius 1 is 1.04 bits per heavy atom. The van der Waals surface area contributed by atoms with Crippen LogP contribution < -0.4 is 10.6 Å². The Kier molecular flexibility index (Phi) is 3.19. The van der Waals surface area contributed by atoms with Crippen LogP contribution in [0.1, 0.15) is 11.6 Å². The van der Waals surface area contributed by atoms with Crippen molar-refractivity contribution >= 4 is 39.5 Å². The minimum Gasteiger partial charge on any atom is -0.436 e. The summed E-state index contributed by atoms with van der Waals surface area (Å²) in [5, 5.41) is 4.82. The molecule has 1 saturated heterocycles.